The first-order valence-electron chi connectivity index (χ1n) is 7.26. The van der Waals surface area contributed by atoms with Gasteiger partial charge in [-0.15, -0.1) is 0 Å². The summed E-state index contributed by atoms with van der Waals surface area (Å²) in [5, 5.41) is 0.696. The molecule has 0 spiro atoms. The first-order valence-corrected chi connectivity index (χ1v) is 7.64. The highest BCUT2D eigenvalue weighted by atomic mass is 35.5. The van der Waals surface area contributed by atoms with Crippen molar-refractivity contribution in [2.45, 2.75) is 25.9 Å². The van der Waals surface area contributed by atoms with E-state index in [1.165, 1.54) is 0 Å². The van der Waals surface area contributed by atoms with E-state index >= 15 is 0 Å². The van der Waals surface area contributed by atoms with E-state index in [2.05, 4.69) is 4.74 Å². The van der Waals surface area contributed by atoms with Crippen LogP contribution in [0.3, 0.4) is 0 Å². The Balaban J connectivity index is 1.98. The summed E-state index contributed by atoms with van der Waals surface area (Å²) >= 11 is 6.16. The molecule has 2 aromatic rings. The molecule has 1 atom stereocenters. The van der Waals surface area contributed by atoms with Gasteiger partial charge in [0.2, 0.25) is 0 Å². The Morgan fingerprint density at radius 3 is 2.50 bits per heavy atom. The van der Waals surface area contributed by atoms with Crippen LogP contribution in [0.4, 0.5) is 4.39 Å². The molecule has 0 fully saturated rings. The summed E-state index contributed by atoms with van der Waals surface area (Å²) in [5.41, 5.74) is 2.95. The maximum Gasteiger partial charge on any atom is 0.340 e. The lowest BCUT2D eigenvalue weighted by molar-refractivity contribution is -0.149. The molecule has 0 saturated heterocycles. The number of carbonyl (C=O) groups is 1. The zero-order valence-electron chi connectivity index (χ0n) is 12.4. The Morgan fingerprint density at radius 2 is 1.86 bits per heavy atom. The van der Waals surface area contributed by atoms with Crippen LogP contribution >= 0.6 is 11.6 Å². The SMILES string of the molecule is CCOC(=O)C(F)CCc1ccc(-c2ccccc2Cl)cc1. The second kappa shape index (κ2) is 7.95. The molecule has 0 heterocycles. The number of benzene rings is 2. The molecule has 22 heavy (non-hydrogen) atoms. The lowest BCUT2D eigenvalue weighted by Gasteiger charge is -2.08. The van der Waals surface area contributed by atoms with Gasteiger partial charge in [-0.2, -0.15) is 0 Å². The number of halogens is 2. The highest BCUT2D eigenvalue weighted by Gasteiger charge is 2.18. The summed E-state index contributed by atoms with van der Waals surface area (Å²) in [5.74, 6) is -0.782. The van der Waals surface area contributed by atoms with Crippen LogP contribution in [0.25, 0.3) is 11.1 Å². The quantitative estimate of drug-likeness (QED) is 0.712. The van der Waals surface area contributed by atoms with Gasteiger partial charge in [0.1, 0.15) is 0 Å². The van der Waals surface area contributed by atoms with Crippen molar-refractivity contribution in [1.29, 1.82) is 0 Å². The molecular weight excluding hydrogens is 303 g/mol. The van der Waals surface area contributed by atoms with Crippen LogP contribution < -0.4 is 0 Å². The van der Waals surface area contributed by atoms with E-state index in [1.807, 2.05) is 48.5 Å². The molecule has 0 aromatic heterocycles. The van der Waals surface area contributed by atoms with Crippen LogP contribution in [0.5, 0.6) is 0 Å². The number of hydrogen-bond donors (Lipinski definition) is 0. The maximum absolute atomic E-state index is 13.6. The van der Waals surface area contributed by atoms with Gasteiger partial charge in [-0.05, 0) is 37.0 Å². The third-order valence-electron chi connectivity index (χ3n) is 3.37. The van der Waals surface area contributed by atoms with Crippen molar-refractivity contribution in [3.05, 3.63) is 59.1 Å². The van der Waals surface area contributed by atoms with Crippen LogP contribution in [-0.2, 0) is 16.0 Å². The normalized spacial score (nSPS) is 12.0. The van der Waals surface area contributed by atoms with Crippen molar-refractivity contribution in [3.63, 3.8) is 0 Å². The molecule has 0 amide bonds. The molecule has 2 aromatic carbocycles. The van der Waals surface area contributed by atoms with E-state index in [0.29, 0.717) is 11.4 Å². The van der Waals surface area contributed by atoms with Crippen LogP contribution in [0.2, 0.25) is 5.02 Å². The minimum Gasteiger partial charge on any atom is -0.464 e. The second-order valence-corrected chi connectivity index (χ2v) is 5.34. The Kier molecular flexibility index (Phi) is 5.96. The Hall–Kier alpha value is -1.87. The average Bonchev–Trinajstić information content (AvgIpc) is 2.54. The largest absolute Gasteiger partial charge is 0.464 e. The van der Waals surface area contributed by atoms with Gasteiger partial charge in [0.05, 0.1) is 6.61 Å². The van der Waals surface area contributed by atoms with E-state index in [4.69, 9.17) is 11.6 Å². The number of ether oxygens (including phenoxy) is 1. The molecule has 0 radical (unpaired) electrons. The molecule has 1 unspecified atom stereocenters. The lowest BCUT2D eigenvalue weighted by Crippen LogP contribution is -2.19. The van der Waals surface area contributed by atoms with Crippen molar-refractivity contribution >= 4 is 17.6 Å². The smallest absolute Gasteiger partial charge is 0.340 e. The molecule has 2 rings (SSSR count). The monoisotopic (exact) mass is 320 g/mol. The molecular formula is C18H18ClFO2. The summed E-state index contributed by atoms with van der Waals surface area (Å²) < 4.78 is 18.2. The molecule has 4 heteroatoms. The summed E-state index contributed by atoms with van der Waals surface area (Å²) in [7, 11) is 0. The highest BCUT2D eigenvalue weighted by Crippen LogP contribution is 2.27. The molecule has 116 valence electrons. The number of esters is 1. The van der Waals surface area contributed by atoms with Gasteiger partial charge in [-0.25, -0.2) is 9.18 Å². The Labute approximate surface area is 134 Å². The highest BCUT2D eigenvalue weighted by molar-refractivity contribution is 6.33. The molecule has 0 aliphatic heterocycles. The van der Waals surface area contributed by atoms with Gasteiger partial charge in [-0.3, -0.25) is 0 Å². The number of hydrogen-bond acceptors (Lipinski definition) is 2. The maximum atomic E-state index is 13.6. The van der Waals surface area contributed by atoms with Crippen LogP contribution in [0.15, 0.2) is 48.5 Å². The topological polar surface area (TPSA) is 26.3 Å². The molecule has 2 nitrogen and oxygen atoms in total. The van der Waals surface area contributed by atoms with Gasteiger partial charge < -0.3 is 4.74 Å². The van der Waals surface area contributed by atoms with Crippen molar-refractivity contribution < 1.29 is 13.9 Å². The predicted molar refractivity (Wildman–Crippen MR) is 86.7 cm³/mol. The first kappa shape index (κ1) is 16.5. The first-order chi connectivity index (χ1) is 10.6. The fraction of sp³-hybridized carbons (Fsp3) is 0.278. The van der Waals surface area contributed by atoms with Crippen molar-refractivity contribution in [2.24, 2.45) is 0 Å². The number of carbonyl (C=O) groups excluding carboxylic acids is 1. The average molecular weight is 321 g/mol. The molecule has 0 bridgehead atoms. The van der Waals surface area contributed by atoms with Crippen LogP contribution in [-0.4, -0.2) is 18.7 Å². The van der Waals surface area contributed by atoms with E-state index in [-0.39, 0.29) is 13.0 Å². The van der Waals surface area contributed by atoms with Gasteiger partial charge in [0.15, 0.2) is 6.17 Å². The number of alkyl halides is 1. The second-order valence-electron chi connectivity index (χ2n) is 4.94. The van der Waals surface area contributed by atoms with Gasteiger partial charge in [0, 0.05) is 10.6 Å². The van der Waals surface area contributed by atoms with Crippen LogP contribution in [0, 0.1) is 0 Å². The third kappa shape index (κ3) is 4.31. The molecule has 0 N–H and O–H groups in total. The van der Waals surface area contributed by atoms with E-state index in [1.54, 1.807) is 6.92 Å². The van der Waals surface area contributed by atoms with Crippen LogP contribution in [0.1, 0.15) is 18.9 Å². The predicted octanol–water partition coefficient (Wildman–Crippen LogP) is 4.84. The Morgan fingerprint density at radius 1 is 1.18 bits per heavy atom. The van der Waals surface area contributed by atoms with Crippen molar-refractivity contribution in [2.75, 3.05) is 6.61 Å². The molecule has 0 saturated carbocycles. The fourth-order valence-electron chi connectivity index (χ4n) is 2.19. The lowest BCUT2D eigenvalue weighted by atomic mass is 10.0. The van der Waals surface area contributed by atoms with E-state index in [9.17, 15) is 9.18 Å². The van der Waals surface area contributed by atoms with Gasteiger partial charge in [-0.1, -0.05) is 54.1 Å². The zero-order valence-corrected chi connectivity index (χ0v) is 13.1. The Bertz CT molecular complexity index is 625. The summed E-state index contributed by atoms with van der Waals surface area (Å²) in [6, 6.07) is 15.4. The molecule has 0 aliphatic carbocycles. The van der Waals surface area contributed by atoms with Crippen molar-refractivity contribution in [3.8, 4) is 11.1 Å². The number of rotatable bonds is 6. The minimum atomic E-state index is -1.57. The van der Waals surface area contributed by atoms with E-state index in [0.717, 1.165) is 16.7 Å². The summed E-state index contributed by atoms with van der Waals surface area (Å²) in [6.07, 6.45) is -0.948. The fourth-order valence-corrected chi connectivity index (χ4v) is 2.44. The van der Waals surface area contributed by atoms with E-state index < -0.39 is 12.1 Å². The number of aryl methyl sites for hydroxylation is 1. The minimum absolute atomic E-state index is 0.129. The third-order valence-corrected chi connectivity index (χ3v) is 3.70. The zero-order chi connectivity index (χ0) is 15.9. The van der Waals surface area contributed by atoms with Crippen molar-refractivity contribution in [1.82, 2.24) is 0 Å². The summed E-state index contributed by atoms with van der Waals surface area (Å²) in [6.45, 7) is 1.86. The van der Waals surface area contributed by atoms with Gasteiger partial charge >= 0.3 is 5.97 Å². The van der Waals surface area contributed by atoms with Gasteiger partial charge in [0.25, 0.3) is 0 Å². The molecule has 0 aliphatic rings. The summed E-state index contributed by atoms with van der Waals surface area (Å²) in [4.78, 5) is 11.2. The standard InChI is InChI=1S/C18H18ClFO2/c1-2-22-18(21)17(20)12-9-13-7-10-14(11-8-13)15-5-3-4-6-16(15)19/h3-8,10-11,17H,2,9,12H2,1H3.